The third-order valence-electron chi connectivity index (χ3n) is 5.46. The van der Waals surface area contributed by atoms with Gasteiger partial charge in [-0.05, 0) is 5.92 Å². The summed E-state index contributed by atoms with van der Waals surface area (Å²) in [5.41, 5.74) is 0. The highest BCUT2D eigenvalue weighted by atomic mass is 16.4. The van der Waals surface area contributed by atoms with Gasteiger partial charge in [0.15, 0.2) is 5.82 Å². The first kappa shape index (κ1) is 27.1. The topological polar surface area (TPSA) is 220 Å². The van der Waals surface area contributed by atoms with E-state index in [2.05, 4.69) is 36.6 Å². The van der Waals surface area contributed by atoms with Crippen molar-refractivity contribution in [2.45, 2.75) is 51.7 Å². The van der Waals surface area contributed by atoms with Gasteiger partial charge in [-0.15, -0.1) is 10.2 Å². The number of carboxylic acids is 1. The molecule has 1 fully saturated rings. The minimum Gasteiger partial charge on any atom is -0.481 e. The lowest BCUT2D eigenvalue weighted by Crippen LogP contribution is -2.54. The van der Waals surface area contributed by atoms with E-state index in [-0.39, 0.29) is 37.7 Å². The number of carbonyl (C=O) groups excluding carboxylic acids is 5. The van der Waals surface area contributed by atoms with E-state index in [0.717, 1.165) is 4.90 Å². The normalized spacial score (nSPS) is 17.0. The lowest BCUT2D eigenvalue weighted by Gasteiger charge is -2.25. The highest BCUT2D eigenvalue weighted by Gasteiger charge is 2.43. The molecule has 6 amide bonds. The Morgan fingerprint density at radius 3 is 2.51 bits per heavy atom. The number of imide groups is 1. The van der Waals surface area contributed by atoms with Crippen molar-refractivity contribution in [1.29, 1.82) is 0 Å². The first-order valence-corrected chi connectivity index (χ1v) is 10.9. The van der Waals surface area contributed by atoms with Gasteiger partial charge in [0.1, 0.15) is 12.1 Å². The summed E-state index contributed by atoms with van der Waals surface area (Å²) in [4.78, 5) is 75.3. The highest BCUT2D eigenvalue weighted by molar-refractivity contribution is 6.03. The number of nitrogens with one attached hydrogen (secondary N) is 4. The molecule has 2 heterocycles. The second-order valence-corrected chi connectivity index (χ2v) is 8.03. The van der Waals surface area contributed by atoms with Crippen LogP contribution in [0.2, 0.25) is 0 Å². The van der Waals surface area contributed by atoms with Gasteiger partial charge < -0.3 is 26.0 Å². The monoisotopic (exact) mass is 495 g/mol. The van der Waals surface area contributed by atoms with Crippen molar-refractivity contribution in [3.63, 3.8) is 0 Å². The summed E-state index contributed by atoms with van der Waals surface area (Å²) in [6, 6.07) is -2.85. The van der Waals surface area contributed by atoms with Crippen molar-refractivity contribution in [2.24, 2.45) is 5.92 Å². The summed E-state index contributed by atoms with van der Waals surface area (Å²) in [7, 11) is 1.43. The number of likely N-dealkylation sites (N-methyl/N-ethyl adjacent to an activating group) is 1. The fourth-order valence-corrected chi connectivity index (χ4v) is 3.28. The second-order valence-electron chi connectivity index (χ2n) is 8.03. The van der Waals surface area contributed by atoms with Gasteiger partial charge in [-0.2, -0.15) is 5.21 Å². The number of aromatic amines is 1. The van der Waals surface area contributed by atoms with Crippen molar-refractivity contribution >= 4 is 35.6 Å². The van der Waals surface area contributed by atoms with Crippen LogP contribution in [0.5, 0.6) is 0 Å². The van der Waals surface area contributed by atoms with Crippen LogP contribution in [0.25, 0.3) is 0 Å². The van der Waals surface area contributed by atoms with Crippen molar-refractivity contribution in [3.05, 3.63) is 5.82 Å². The lowest BCUT2D eigenvalue weighted by atomic mass is 9.98. The first-order chi connectivity index (χ1) is 16.5. The Balaban J connectivity index is 1.99. The zero-order valence-corrected chi connectivity index (χ0v) is 19.6. The molecule has 1 saturated heterocycles. The molecule has 1 aromatic heterocycles. The van der Waals surface area contributed by atoms with Crippen LogP contribution in [0.3, 0.4) is 0 Å². The average Bonchev–Trinajstić information content (AvgIpc) is 3.45. The summed E-state index contributed by atoms with van der Waals surface area (Å²) < 4.78 is 0. The molecule has 16 nitrogen and oxygen atoms in total. The molecule has 1 aliphatic heterocycles. The molecule has 16 heteroatoms. The first-order valence-electron chi connectivity index (χ1n) is 10.9. The summed E-state index contributed by atoms with van der Waals surface area (Å²) in [6.07, 6.45) is -0.174. The number of carboxylic acid groups (broad SMARTS) is 1. The Labute approximate surface area is 200 Å². The number of carbonyl (C=O) groups is 6. The van der Waals surface area contributed by atoms with Gasteiger partial charge >= 0.3 is 12.0 Å². The number of nitrogens with zero attached hydrogens (tertiary/aromatic N) is 5. The van der Waals surface area contributed by atoms with Gasteiger partial charge in [0.25, 0.3) is 5.91 Å². The quantitative estimate of drug-likeness (QED) is 0.207. The zero-order chi connectivity index (χ0) is 26.1. The van der Waals surface area contributed by atoms with Gasteiger partial charge in [-0.1, -0.05) is 25.5 Å². The number of rotatable bonds is 12. The predicted molar refractivity (Wildman–Crippen MR) is 116 cm³/mol. The molecule has 0 radical (unpaired) electrons. The van der Waals surface area contributed by atoms with E-state index in [4.69, 9.17) is 5.11 Å². The molecule has 35 heavy (non-hydrogen) atoms. The standard InChI is InChI=1S/C19H29N9O7/c1-4-10(2)16(22-13(29)5-6-15(31)32)18(34)21-8-14(30)28-11(9-27(3)19(28)35)17(33)20-7-12-23-25-26-24-12/h10-11,16H,4-9H2,1-3H3,(H,20,33)(H,21,34)(H,22,29)(H,31,32)(H,23,24,25,26)/t10?,11-,16?/m0/s1. The number of tetrazole rings is 1. The molecule has 0 aromatic carbocycles. The van der Waals surface area contributed by atoms with Crippen molar-refractivity contribution in [1.82, 2.24) is 46.4 Å². The van der Waals surface area contributed by atoms with Crippen LogP contribution in [0, 0.1) is 5.92 Å². The van der Waals surface area contributed by atoms with Crippen LogP contribution >= 0.6 is 0 Å². The van der Waals surface area contributed by atoms with E-state index in [9.17, 15) is 28.8 Å². The molecule has 2 unspecified atom stereocenters. The Morgan fingerprint density at radius 2 is 1.91 bits per heavy atom. The minimum absolute atomic E-state index is 0.0499. The molecule has 3 atom stereocenters. The van der Waals surface area contributed by atoms with E-state index in [0.29, 0.717) is 6.42 Å². The Kier molecular flexibility index (Phi) is 9.60. The summed E-state index contributed by atoms with van der Waals surface area (Å²) >= 11 is 0. The molecule has 0 spiro atoms. The highest BCUT2D eigenvalue weighted by Crippen LogP contribution is 2.15. The van der Waals surface area contributed by atoms with Crippen LogP contribution in [-0.2, 0) is 30.5 Å². The molecular weight excluding hydrogens is 466 g/mol. The number of urea groups is 1. The number of hydrogen-bond acceptors (Lipinski definition) is 9. The van der Waals surface area contributed by atoms with Crippen LogP contribution in [0.4, 0.5) is 4.79 Å². The maximum Gasteiger partial charge on any atom is 0.327 e. The fourth-order valence-electron chi connectivity index (χ4n) is 3.28. The lowest BCUT2D eigenvalue weighted by molar-refractivity contribution is -0.139. The van der Waals surface area contributed by atoms with Crippen LogP contribution < -0.4 is 16.0 Å². The molecule has 0 aliphatic carbocycles. The van der Waals surface area contributed by atoms with E-state index in [1.54, 1.807) is 13.8 Å². The summed E-state index contributed by atoms with van der Waals surface area (Å²) in [6.45, 7) is 2.81. The Hall–Kier alpha value is -4.11. The molecule has 192 valence electrons. The number of amides is 6. The number of hydrogen-bond donors (Lipinski definition) is 5. The largest absolute Gasteiger partial charge is 0.481 e. The summed E-state index contributed by atoms with van der Waals surface area (Å²) in [5, 5.41) is 29.1. The molecular formula is C19H29N9O7. The molecule has 5 N–H and O–H groups in total. The smallest absolute Gasteiger partial charge is 0.327 e. The SMILES string of the molecule is CCC(C)C(NC(=O)CCC(=O)O)C(=O)NCC(=O)N1C(=O)N(C)C[C@H]1C(=O)NCc1nn[nH]n1. The molecule has 1 aliphatic rings. The molecule has 0 saturated carbocycles. The zero-order valence-electron chi connectivity index (χ0n) is 19.6. The predicted octanol–water partition coefficient (Wildman–Crippen LogP) is -2.41. The number of aliphatic carboxylic acids is 1. The average molecular weight is 495 g/mol. The third-order valence-corrected chi connectivity index (χ3v) is 5.46. The minimum atomic E-state index is -1.15. The molecule has 2 rings (SSSR count). The fraction of sp³-hybridized carbons (Fsp3) is 0.632. The van der Waals surface area contributed by atoms with Crippen molar-refractivity contribution in [2.75, 3.05) is 20.1 Å². The maximum atomic E-state index is 12.8. The third kappa shape index (κ3) is 7.44. The van der Waals surface area contributed by atoms with E-state index in [1.165, 1.54) is 11.9 Å². The van der Waals surface area contributed by atoms with E-state index >= 15 is 0 Å². The van der Waals surface area contributed by atoms with Crippen LogP contribution in [-0.4, -0.2) is 103 Å². The van der Waals surface area contributed by atoms with Crippen LogP contribution in [0.15, 0.2) is 0 Å². The van der Waals surface area contributed by atoms with E-state index in [1.807, 2.05) is 0 Å². The van der Waals surface area contributed by atoms with Gasteiger partial charge in [0, 0.05) is 13.5 Å². The van der Waals surface area contributed by atoms with Gasteiger partial charge in [-0.25, -0.2) is 9.69 Å². The van der Waals surface area contributed by atoms with Crippen molar-refractivity contribution in [3.8, 4) is 0 Å². The molecule has 0 bridgehead atoms. The summed E-state index contributed by atoms with van der Waals surface area (Å²) in [5.74, 6) is -3.97. The Bertz CT molecular complexity index is 952. The second kappa shape index (κ2) is 12.4. The number of H-pyrrole nitrogens is 1. The molecule has 1 aromatic rings. The van der Waals surface area contributed by atoms with E-state index < -0.39 is 54.3 Å². The van der Waals surface area contributed by atoms with Gasteiger partial charge in [0.05, 0.1) is 26.1 Å². The van der Waals surface area contributed by atoms with Crippen LogP contribution in [0.1, 0.15) is 38.9 Å². The Morgan fingerprint density at radius 1 is 1.20 bits per heavy atom. The number of aromatic nitrogens is 4. The van der Waals surface area contributed by atoms with Gasteiger partial charge in [0.2, 0.25) is 17.7 Å². The van der Waals surface area contributed by atoms with Gasteiger partial charge in [-0.3, -0.25) is 24.0 Å². The maximum absolute atomic E-state index is 12.8. The van der Waals surface area contributed by atoms with Crippen molar-refractivity contribution < 1.29 is 33.9 Å².